The lowest BCUT2D eigenvalue weighted by Gasteiger charge is -2.31. The van der Waals surface area contributed by atoms with Gasteiger partial charge in [0.25, 0.3) is 0 Å². The molecule has 0 atom stereocenters. The molecule has 1 aromatic heterocycles. The molecular weight excluding hydrogens is 510 g/mol. The van der Waals surface area contributed by atoms with E-state index < -0.39 is 26.7 Å². The fourth-order valence-corrected chi connectivity index (χ4v) is 6.97. The van der Waals surface area contributed by atoms with Crippen LogP contribution in [0.5, 0.6) is 5.75 Å². The number of hydrogen-bond acceptors (Lipinski definition) is 6. The highest BCUT2D eigenvalue weighted by atomic mass is 79.9. The molecule has 10 heteroatoms. The van der Waals surface area contributed by atoms with Crippen molar-refractivity contribution in [2.75, 3.05) is 25.1 Å². The molecule has 2 aromatic carbocycles. The molecule has 0 radical (unpaired) electrons. The van der Waals surface area contributed by atoms with Crippen molar-refractivity contribution in [3.63, 3.8) is 0 Å². The van der Waals surface area contributed by atoms with Crippen LogP contribution >= 0.6 is 27.3 Å². The summed E-state index contributed by atoms with van der Waals surface area (Å²) < 4.78 is 59.4. The number of hydrogen-bond donors (Lipinski definition) is 0. The van der Waals surface area contributed by atoms with Gasteiger partial charge in [0.05, 0.1) is 18.1 Å². The predicted molar refractivity (Wildman–Crippen MR) is 121 cm³/mol. The average Bonchev–Trinajstić information content (AvgIpc) is 3.23. The molecular formula is C21H19BrF2N2O3S2. The molecule has 0 N–H and O–H groups in total. The van der Waals surface area contributed by atoms with Crippen molar-refractivity contribution in [1.82, 2.24) is 4.98 Å². The lowest BCUT2D eigenvalue weighted by Crippen LogP contribution is -2.39. The standard InChI is InChI=1S/C21H19BrF2N2O3S2/c1-29-19-3-2-14(22)10-20(19)31(27,28)17-4-6-26(7-5-17)21-25-18(12-30-21)13-8-15(23)11-16(24)9-13/h2-3,8-12,17H,4-7H2,1H3. The summed E-state index contributed by atoms with van der Waals surface area (Å²) in [5.41, 5.74) is 0.867. The van der Waals surface area contributed by atoms with Crippen LogP contribution in [0.3, 0.4) is 0 Å². The van der Waals surface area contributed by atoms with Gasteiger partial charge >= 0.3 is 0 Å². The third-order valence-electron chi connectivity index (χ3n) is 5.23. The highest BCUT2D eigenvalue weighted by molar-refractivity contribution is 9.10. The Hall–Kier alpha value is -2.04. The maximum atomic E-state index is 13.5. The van der Waals surface area contributed by atoms with Crippen molar-refractivity contribution in [3.05, 3.63) is 57.9 Å². The van der Waals surface area contributed by atoms with Crippen LogP contribution < -0.4 is 9.64 Å². The lowest BCUT2D eigenvalue weighted by atomic mass is 10.1. The lowest BCUT2D eigenvalue weighted by molar-refractivity contribution is 0.401. The Morgan fingerprint density at radius 3 is 2.45 bits per heavy atom. The van der Waals surface area contributed by atoms with Crippen LogP contribution in [-0.4, -0.2) is 38.9 Å². The monoisotopic (exact) mass is 528 g/mol. The largest absolute Gasteiger partial charge is 0.495 e. The van der Waals surface area contributed by atoms with Crippen LogP contribution in [0.15, 0.2) is 51.1 Å². The van der Waals surface area contributed by atoms with E-state index in [4.69, 9.17) is 4.74 Å². The summed E-state index contributed by atoms with van der Waals surface area (Å²) in [7, 11) is -2.11. The molecule has 4 rings (SSSR count). The minimum absolute atomic E-state index is 0.187. The first-order chi connectivity index (χ1) is 14.8. The SMILES string of the molecule is COc1ccc(Br)cc1S(=O)(=O)C1CCN(c2nc(-c3cc(F)cc(F)c3)cs2)CC1. The molecule has 31 heavy (non-hydrogen) atoms. The number of halogens is 3. The van der Waals surface area contributed by atoms with Crippen molar-refractivity contribution < 1.29 is 21.9 Å². The number of piperidine rings is 1. The Balaban J connectivity index is 1.49. The third kappa shape index (κ3) is 4.61. The van der Waals surface area contributed by atoms with E-state index in [1.54, 1.807) is 23.6 Å². The zero-order chi connectivity index (χ0) is 22.2. The summed E-state index contributed by atoms with van der Waals surface area (Å²) in [5, 5.41) is 1.93. The molecule has 3 aromatic rings. The second-order valence-corrected chi connectivity index (χ2v) is 11.1. The van der Waals surface area contributed by atoms with E-state index in [1.165, 1.54) is 30.6 Å². The van der Waals surface area contributed by atoms with Gasteiger partial charge in [-0.15, -0.1) is 11.3 Å². The second-order valence-electron chi connectivity index (χ2n) is 7.20. The Morgan fingerprint density at radius 1 is 1.13 bits per heavy atom. The zero-order valence-corrected chi connectivity index (χ0v) is 19.7. The molecule has 1 saturated heterocycles. The number of aromatic nitrogens is 1. The fourth-order valence-electron chi connectivity index (χ4n) is 3.65. The molecule has 0 saturated carbocycles. The molecule has 2 heterocycles. The second kappa shape index (κ2) is 8.84. The van der Waals surface area contributed by atoms with E-state index in [2.05, 4.69) is 20.9 Å². The first kappa shape index (κ1) is 22.2. The van der Waals surface area contributed by atoms with E-state index in [-0.39, 0.29) is 4.90 Å². The number of sulfone groups is 1. The molecule has 164 valence electrons. The van der Waals surface area contributed by atoms with Crippen molar-refractivity contribution in [3.8, 4) is 17.0 Å². The molecule has 0 spiro atoms. The van der Waals surface area contributed by atoms with E-state index >= 15 is 0 Å². The maximum Gasteiger partial charge on any atom is 0.185 e. The van der Waals surface area contributed by atoms with Crippen LogP contribution in [0.2, 0.25) is 0 Å². The highest BCUT2D eigenvalue weighted by Gasteiger charge is 2.34. The summed E-state index contributed by atoms with van der Waals surface area (Å²) in [6.07, 6.45) is 0.892. The molecule has 0 aliphatic carbocycles. The van der Waals surface area contributed by atoms with Crippen molar-refractivity contribution >= 4 is 42.2 Å². The van der Waals surface area contributed by atoms with Crippen molar-refractivity contribution in [1.29, 1.82) is 0 Å². The summed E-state index contributed by atoms with van der Waals surface area (Å²) in [6.45, 7) is 1.04. The number of rotatable bonds is 5. The predicted octanol–water partition coefficient (Wildman–Crippen LogP) is 5.30. The number of methoxy groups -OCH3 is 1. The average molecular weight is 529 g/mol. The van der Waals surface area contributed by atoms with Crippen molar-refractivity contribution in [2.24, 2.45) is 0 Å². The third-order valence-corrected chi connectivity index (χ3v) is 8.91. The highest BCUT2D eigenvalue weighted by Crippen LogP contribution is 2.35. The molecule has 0 amide bonds. The molecule has 1 aliphatic rings. The fraction of sp³-hybridized carbons (Fsp3) is 0.286. The van der Waals surface area contributed by atoms with E-state index in [1.807, 2.05) is 4.90 Å². The Kier molecular flexibility index (Phi) is 6.32. The van der Waals surface area contributed by atoms with Crippen LogP contribution in [0.1, 0.15) is 12.8 Å². The molecule has 1 aliphatic heterocycles. The summed E-state index contributed by atoms with van der Waals surface area (Å²) in [5.74, 6) is -0.977. The van der Waals surface area contributed by atoms with E-state index in [0.29, 0.717) is 52.5 Å². The van der Waals surface area contributed by atoms with Crippen LogP contribution in [0.25, 0.3) is 11.3 Å². The van der Waals surface area contributed by atoms with Crippen LogP contribution in [0, 0.1) is 11.6 Å². The normalized spacial score (nSPS) is 15.3. The van der Waals surface area contributed by atoms with Crippen molar-refractivity contribution in [2.45, 2.75) is 23.0 Å². The Bertz CT molecular complexity index is 1190. The Morgan fingerprint density at radius 2 is 1.81 bits per heavy atom. The number of nitrogens with zero attached hydrogens (tertiary/aromatic N) is 2. The van der Waals surface area contributed by atoms with Gasteiger partial charge in [0.1, 0.15) is 22.3 Å². The molecule has 0 bridgehead atoms. The van der Waals surface area contributed by atoms with Crippen LogP contribution in [0.4, 0.5) is 13.9 Å². The zero-order valence-electron chi connectivity index (χ0n) is 16.5. The van der Waals surface area contributed by atoms with Gasteiger partial charge in [0, 0.05) is 34.6 Å². The quantitative estimate of drug-likeness (QED) is 0.449. The number of benzene rings is 2. The van der Waals surface area contributed by atoms with Gasteiger partial charge in [0.2, 0.25) is 0 Å². The maximum absolute atomic E-state index is 13.5. The van der Waals surface area contributed by atoms with E-state index in [0.717, 1.165) is 6.07 Å². The van der Waals surface area contributed by atoms with Gasteiger partial charge in [-0.1, -0.05) is 15.9 Å². The van der Waals surface area contributed by atoms with Gasteiger partial charge in [-0.25, -0.2) is 22.2 Å². The number of ether oxygens (including phenoxy) is 1. The minimum atomic E-state index is -3.56. The van der Waals surface area contributed by atoms with Gasteiger partial charge in [-0.2, -0.15) is 0 Å². The first-order valence-corrected chi connectivity index (χ1v) is 12.7. The van der Waals surface area contributed by atoms with Crippen LogP contribution in [-0.2, 0) is 9.84 Å². The summed E-state index contributed by atoms with van der Waals surface area (Å²) in [6, 6.07) is 8.26. The van der Waals surface area contributed by atoms with Gasteiger partial charge in [-0.05, 0) is 43.2 Å². The summed E-state index contributed by atoms with van der Waals surface area (Å²) in [4.78, 5) is 6.70. The molecule has 0 unspecified atom stereocenters. The first-order valence-electron chi connectivity index (χ1n) is 9.52. The number of anilines is 1. The van der Waals surface area contributed by atoms with E-state index in [9.17, 15) is 17.2 Å². The topological polar surface area (TPSA) is 59.5 Å². The number of thiazole rings is 1. The molecule has 1 fully saturated rings. The minimum Gasteiger partial charge on any atom is -0.495 e. The van der Waals surface area contributed by atoms with Gasteiger partial charge in [0.15, 0.2) is 15.0 Å². The smallest absolute Gasteiger partial charge is 0.185 e. The Labute approximate surface area is 191 Å². The van der Waals surface area contributed by atoms with Gasteiger partial charge < -0.3 is 9.64 Å². The van der Waals surface area contributed by atoms with Gasteiger partial charge in [-0.3, -0.25) is 0 Å². The summed E-state index contributed by atoms with van der Waals surface area (Å²) >= 11 is 4.70. The molecule has 5 nitrogen and oxygen atoms in total.